The van der Waals surface area contributed by atoms with Crippen LogP contribution < -0.4 is 5.56 Å². The Morgan fingerprint density at radius 3 is 2.68 bits per heavy atom. The molecule has 0 saturated carbocycles. The molecule has 7 nitrogen and oxygen atoms in total. The third-order valence-electron chi connectivity index (χ3n) is 4.25. The van der Waals surface area contributed by atoms with Crippen molar-refractivity contribution in [1.82, 2.24) is 15.0 Å². The first kappa shape index (κ1) is 17.1. The maximum Gasteiger partial charge on any atom is 0.433 e. The molecule has 134 valence electrons. The second-order valence-electron chi connectivity index (χ2n) is 5.80. The molecule has 1 aliphatic rings. The van der Waals surface area contributed by atoms with Gasteiger partial charge in [-0.15, -0.1) is 0 Å². The fourth-order valence-electron chi connectivity index (χ4n) is 3.04. The molecule has 1 aliphatic heterocycles. The van der Waals surface area contributed by atoms with Crippen molar-refractivity contribution in [2.24, 2.45) is 0 Å². The topological polar surface area (TPSA) is 99.4 Å². The molecule has 2 N–H and O–H groups in total. The van der Waals surface area contributed by atoms with Gasteiger partial charge in [0.15, 0.2) is 0 Å². The summed E-state index contributed by atoms with van der Waals surface area (Å²) in [6, 6.07) is 2.68. The third-order valence-corrected chi connectivity index (χ3v) is 4.25. The molecule has 0 aliphatic carbocycles. The fraction of sp³-hybridized carbons (Fsp3) is 0.400. The number of H-pyrrole nitrogens is 1. The minimum Gasteiger partial charge on any atom is -0.465 e. The van der Waals surface area contributed by atoms with E-state index < -0.39 is 29.6 Å². The number of aromatic nitrogens is 2. The lowest BCUT2D eigenvalue weighted by Gasteiger charge is -2.37. The van der Waals surface area contributed by atoms with E-state index in [0.717, 1.165) is 17.2 Å². The largest absolute Gasteiger partial charge is 0.465 e. The van der Waals surface area contributed by atoms with Crippen molar-refractivity contribution < 1.29 is 27.6 Å². The van der Waals surface area contributed by atoms with Crippen molar-refractivity contribution in [3.05, 3.63) is 51.8 Å². The number of rotatable bonds is 2. The molecule has 0 radical (unpaired) electrons. The smallest absolute Gasteiger partial charge is 0.433 e. The van der Waals surface area contributed by atoms with Crippen LogP contribution in [0.15, 0.2) is 33.7 Å². The van der Waals surface area contributed by atoms with Gasteiger partial charge in [0.1, 0.15) is 11.5 Å². The van der Waals surface area contributed by atoms with Gasteiger partial charge in [-0.3, -0.25) is 9.78 Å². The molecule has 0 aromatic carbocycles. The number of nitrogens with zero attached hydrogens (tertiary/aromatic N) is 2. The average molecular weight is 357 g/mol. The predicted molar refractivity (Wildman–Crippen MR) is 78.0 cm³/mol. The first-order valence-electron chi connectivity index (χ1n) is 7.47. The highest BCUT2D eigenvalue weighted by molar-refractivity contribution is 5.66. The Balaban J connectivity index is 1.88. The van der Waals surface area contributed by atoms with Gasteiger partial charge in [-0.2, -0.15) is 18.3 Å². The number of piperidine rings is 1. The van der Waals surface area contributed by atoms with Crippen LogP contribution in [0.3, 0.4) is 0 Å². The number of alkyl halides is 3. The van der Waals surface area contributed by atoms with Crippen LogP contribution in [0.4, 0.5) is 18.0 Å². The first-order chi connectivity index (χ1) is 11.8. The molecular weight excluding hydrogens is 343 g/mol. The van der Waals surface area contributed by atoms with Gasteiger partial charge in [0.2, 0.25) is 0 Å². The number of aromatic amines is 1. The molecular formula is C15H14F3N3O4. The van der Waals surface area contributed by atoms with Crippen LogP contribution in [0, 0.1) is 0 Å². The molecule has 1 amide bonds. The van der Waals surface area contributed by atoms with Gasteiger partial charge in [-0.25, -0.2) is 4.79 Å². The molecule has 1 saturated heterocycles. The van der Waals surface area contributed by atoms with Crippen LogP contribution in [-0.2, 0) is 6.18 Å². The van der Waals surface area contributed by atoms with Crippen molar-refractivity contribution in [1.29, 1.82) is 0 Å². The summed E-state index contributed by atoms with van der Waals surface area (Å²) >= 11 is 0. The molecule has 0 bridgehead atoms. The Hall–Kier alpha value is -2.78. The number of hydrogen-bond donors (Lipinski definition) is 2. The highest BCUT2D eigenvalue weighted by atomic mass is 19.4. The lowest BCUT2D eigenvalue weighted by molar-refractivity contribution is -0.141. The SMILES string of the molecule is O=C(O)N1CCC(c2cc(=O)[nH]o2)CC1c1ccc(C(F)(F)F)nc1. The normalized spacial score (nSPS) is 21.3. The Morgan fingerprint density at radius 1 is 1.40 bits per heavy atom. The summed E-state index contributed by atoms with van der Waals surface area (Å²) in [5.74, 6) is 0.182. The van der Waals surface area contributed by atoms with E-state index in [2.05, 4.69) is 10.1 Å². The minimum atomic E-state index is -4.56. The van der Waals surface area contributed by atoms with Crippen LogP contribution in [0.25, 0.3) is 0 Å². The molecule has 2 aromatic rings. The quantitative estimate of drug-likeness (QED) is 0.861. The van der Waals surface area contributed by atoms with E-state index in [1.54, 1.807) is 0 Å². The second kappa shape index (κ2) is 6.26. The summed E-state index contributed by atoms with van der Waals surface area (Å²) in [5, 5.41) is 11.5. The lowest BCUT2D eigenvalue weighted by Crippen LogP contribution is -2.39. The number of carbonyl (C=O) groups is 1. The van der Waals surface area contributed by atoms with E-state index >= 15 is 0 Å². The zero-order valence-electron chi connectivity index (χ0n) is 12.8. The van der Waals surface area contributed by atoms with E-state index in [4.69, 9.17) is 4.52 Å². The van der Waals surface area contributed by atoms with Crippen molar-refractivity contribution in [3.8, 4) is 0 Å². The van der Waals surface area contributed by atoms with Gasteiger partial charge in [-0.1, -0.05) is 6.07 Å². The maximum absolute atomic E-state index is 12.6. The number of halogens is 3. The van der Waals surface area contributed by atoms with Gasteiger partial charge >= 0.3 is 12.3 Å². The Morgan fingerprint density at radius 2 is 2.16 bits per heavy atom. The molecule has 3 heterocycles. The maximum atomic E-state index is 12.6. The van der Waals surface area contributed by atoms with Gasteiger partial charge in [0.25, 0.3) is 5.56 Å². The summed E-state index contributed by atoms with van der Waals surface area (Å²) in [6.45, 7) is 0.167. The highest BCUT2D eigenvalue weighted by Gasteiger charge is 2.36. The number of likely N-dealkylation sites (tertiary alicyclic amines) is 1. The van der Waals surface area contributed by atoms with Crippen LogP contribution in [0.5, 0.6) is 0 Å². The van der Waals surface area contributed by atoms with Crippen LogP contribution in [-0.4, -0.2) is 32.8 Å². The number of carboxylic acid groups (broad SMARTS) is 1. The Bertz CT molecular complexity index is 812. The molecule has 2 unspecified atom stereocenters. The van der Waals surface area contributed by atoms with Crippen molar-refractivity contribution >= 4 is 6.09 Å². The summed E-state index contributed by atoms with van der Waals surface area (Å²) < 4.78 is 43.0. The van der Waals surface area contributed by atoms with Crippen molar-refractivity contribution in [3.63, 3.8) is 0 Å². The van der Waals surface area contributed by atoms with Crippen LogP contribution >= 0.6 is 0 Å². The predicted octanol–water partition coefficient (Wildman–Crippen LogP) is 2.98. The molecule has 10 heteroatoms. The molecule has 0 spiro atoms. The standard InChI is InChI=1S/C15H14F3N3O4/c16-15(17,18)12-2-1-9(7-19-12)10-5-8(3-4-21(10)14(23)24)11-6-13(22)20-25-11/h1-2,6-8,10H,3-5H2,(H,20,22)(H,23,24). The summed E-state index contributed by atoms with van der Waals surface area (Å²) in [6.07, 6.45) is -3.97. The number of amides is 1. The zero-order valence-corrected chi connectivity index (χ0v) is 12.8. The number of pyridine rings is 1. The van der Waals surface area contributed by atoms with Gasteiger partial charge < -0.3 is 14.5 Å². The lowest BCUT2D eigenvalue weighted by atomic mass is 9.86. The summed E-state index contributed by atoms with van der Waals surface area (Å²) in [7, 11) is 0. The van der Waals surface area contributed by atoms with Crippen molar-refractivity contribution in [2.45, 2.75) is 31.0 Å². The van der Waals surface area contributed by atoms with E-state index in [1.165, 1.54) is 12.1 Å². The van der Waals surface area contributed by atoms with Crippen LogP contribution in [0.1, 0.15) is 41.8 Å². The minimum absolute atomic E-state index is 0.167. The summed E-state index contributed by atoms with van der Waals surface area (Å²) in [4.78, 5) is 27.2. The van der Waals surface area contributed by atoms with Crippen molar-refractivity contribution in [2.75, 3.05) is 6.54 Å². The van der Waals surface area contributed by atoms with Gasteiger partial charge in [0.05, 0.1) is 6.04 Å². The van der Waals surface area contributed by atoms with Gasteiger partial charge in [0, 0.05) is 24.7 Å². The van der Waals surface area contributed by atoms with E-state index in [-0.39, 0.29) is 18.9 Å². The van der Waals surface area contributed by atoms with E-state index in [9.17, 15) is 27.9 Å². The molecule has 25 heavy (non-hydrogen) atoms. The molecule has 2 aromatic heterocycles. The van der Waals surface area contributed by atoms with Crippen LogP contribution in [0.2, 0.25) is 0 Å². The van der Waals surface area contributed by atoms with E-state index in [1.807, 2.05) is 0 Å². The Kier molecular flexibility index (Phi) is 4.27. The van der Waals surface area contributed by atoms with Gasteiger partial charge in [-0.05, 0) is 24.5 Å². The number of nitrogens with one attached hydrogen (secondary N) is 1. The summed E-state index contributed by atoms with van der Waals surface area (Å²) in [5.41, 5.74) is -1.08. The third kappa shape index (κ3) is 3.52. The zero-order chi connectivity index (χ0) is 18.2. The second-order valence-corrected chi connectivity index (χ2v) is 5.80. The first-order valence-corrected chi connectivity index (χ1v) is 7.47. The Labute approximate surface area is 139 Å². The monoisotopic (exact) mass is 357 g/mol. The molecule has 3 rings (SSSR count). The average Bonchev–Trinajstić information content (AvgIpc) is 3.00. The van der Waals surface area contributed by atoms with E-state index in [0.29, 0.717) is 17.7 Å². The highest BCUT2D eigenvalue weighted by Crippen LogP contribution is 2.39. The molecule has 1 fully saturated rings. The molecule has 2 atom stereocenters. The fourth-order valence-corrected chi connectivity index (χ4v) is 3.04. The number of hydrogen-bond acceptors (Lipinski definition) is 4.